The first-order chi connectivity index (χ1) is 9.99. The van der Waals surface area contributed by atoms with Crippen molar-refractivity contribution in [3.8, 4) is 5.75 Å². The number of nitrogens with zero attached hydrogens (tertiary/aromatic N) is 1. The molecule has 2 rings (SSSR count). The molecule has 0 fully saturated rings. The molecule has 21 heavy (non-hydrogen) atoms. The normalized spacial score (nSPS) is 10.1. The van der Waals surface area contributed by atoms with Crippen LogP contribution in [0.3, 0.4) is 0 Å². The first-order valence-electron chi connectivity index (χ1n) is 5.87. The van der Waals surface area contributed by atoms with E-state index < -0.39 is 22.1 Å². The molecule has 0 aromatic heterocycles. The fourth-order valence-corrected chi connectivity index (χ4v) is 2.11. The highest BCUT2D eigenvalue weighted by molar-refractivity contribution is 9.10. The molecular formula is C14H10BrNO5. The number of carboxylic acid groups (broad SMARTS) is 1. The summed E-state index contributed by atoms with van der Waals surface area (Å²) in [6.07, 6.45) is 0. The van der Waals surface area contributed by atoms with Crippen molar-refractivity contribution in [1.82, 2.24) is 0 Å². The minimum absolute atomic E-state index is 0.221. The van der Waals surface area contributed by atoms with Crippen LogP contribution in [0.15, 0.2) is 46.9 Å². The Bertz CT molecular complexity index is 702. The average molecular weight is 352 g/mol. The second kappa shape index (κ2) is 6.36. The maximum atomic E-state index is 11.0. The van der Waals surface area contributed by atoms with Crippen LogP contribution >= 0.6 is 15.9 Å². The number of aromatic carboxylic acids is 1. The number of rotatable bonds is 5. The van der Waals surface area contributed by atoms with E-state index in [0.717, 1.165) is 22.2 Å². The Morgan fingerprint density at radius 3 is 2.62 bits per heavy atom. The maximum absolute atomic E-state index is 11.0. The Balaban J connectivity index is 2.22. The molecule has 0 heterocycles. The summed E-state index contributed by atoms with van der Waals surface area (Å²) < 4.78 is 6.35. The van der Waals surface area contributed by atoms with Crippen LogP contribution < -0.4 is 4.74 Å². The van der Waals surface area contributed by atoms with E-state index in [9.17, 15) is 14.9 Å². The van der Waals surface area contributed by atoms with E-state index in [1.807, 2.05) is 24.3 Å². The molecule has 0 aliphatic carbocycles. The van der Waals surface area contributed by atoms with Gasteiger partial charge in [0.15, 0.2) is 0 Å². The highest BCUT2D eigenvalue weighted by Crippen LogP contribution is 2.25. The van der Waals surface area contributed by atoms with Gasteiger partial charge in [-0.2, -0.15) is 0 Å². The summed E-state index contributed by atoms with van der Waals surface area (Å²) in [5.41, 5.74) is 0.0214. The number of hydrogen-bond donors (Lipinski definition) is 1. The number of nitro groups is 1. The smallest absolute Gasteiger partial charge is 0.342 e. The van der Waals surface area contributed by atoms with Crippen molar-refractivity contribution >= 4 is 27.6 Å². The van der Waals surface area contributed by atoms with Crippen molar-refractivity contribution < 1.29 is 19.6 Å². The molecule has 0 saturated heterocycles. The zero-order valence-electron chi connectivity index (χ0n) is 10.7. The fourth-order valence-electron chi connectivity index (χ4n) is 1.71. The van der Waals surface area contributed by atoms with Crippen molar-refractivity contribution in [2.24, 2.45) is 0 Å². The van der Waals surface area contributed by atoms with Crippen LogP contribution in [-0.4, -0.2) is 16.0 Å². The predicted octanol–water partition coefficient (Wildman–Crippen LogP) is 3.63. The van der Waals surface area contributed by atoms with Gasteiger partial charge in [-0.15, -0.1) is 0 Å². The summed E-state index contributed by atoms with van der Waals surface area (Å²) in [4.78, 5) is 21.1. The first-order valence-corrected chi connectivity index (χ1v) is 6.66. The van der Waals surface area contributed by atoms with Gasteiger partial charge >= 0.3 is 5.97 Å². The van der Waals surface area contributed by atoms with Gasteiger partial charge < -0.3 is 9.84 Å². The fraction of sp³-hybridized carbons (Fsp3) is 0.0714. The molecule has 0 unspecified atom stereocenters. The number of carboxylic acids is 1. The highest BCUT2D eigenvalue weighted by atomic mass is 79.9. The SMILES string of the molecule is O=C(O)c1cc(OCc2ccccc2Br)ccc1[N+](=O)[O-]. The molecule has 0 aliphatic heterocycles. The number of nitro benzene ring substituents is 1. The topological polar surface area (TPSA) is 89.7 Å². The highest BCUT2D eigenvalue weighted by Gasteiger charge is 2.20. The Kier molecular flexibility index (Phi) is 4.54. The van der Waals surface area contributed by atoms with Crippen molar-refractivity contribution in [3.63, 3.8) is 0 Å². The molecule has 108 valence electrons. The van der Waals surface area contributed by atoms with Gasteiger partial charge in [0.2, 0.25) is 0 Å². The third-order valence-corrected chi connectivity index (χ3v) is 3.52. The Hall–Kier alpha value is -2.41. The van der Waals surface area contributed by atoms with E-state index in [1.54, 1.807) is 0 Å². The largest absolute Gasteiger partial charge is 0.489 e. The molecule has 2 aromatic carbocycles. The quantitative estimate of drug-likeness (QED) is 0.656. The second-order valence-electron chi connectivity index (χ2n) is 4.12. The Morgan fingerprint density at radius 2 is 2.00 bits per heavy atom. The Labute approximate surface area is 128 Å². The third-order valence-electron chi connectivity index (χ3n) is 2.75. The van der Waals surface area contributed by atoms with Gasteiger partial charge in [-0.1, -0.05) is 34.1 Å². The Morgan fingerprint density at radius 1 is 1.29 bits per heavy atom. The summed E-state index contributed by atoms with van der Waals surface area (Å²) >= 11 is 3.37. The van der Waals surface area contributed by atoms with Crippen LogP contribution in [0.25, 0.3) is 0 Å². The lowest BCUT2D eigenvalue weighted by Gasteiger charge is -2.08. The van der Waals surface area contributed by atoms with Crippen LogP contribution in [-0.2, 0) is 6.61 Å². The standard InChI is InChI=1S/C14H10BrNO5/c15-12-4-2-1-3-9(12)8-21-10-5-6-13(16(19)20)11(7-10)14(17)18/h1-7H,8H2,(H,17,18). The number of ether oxygens (including phenoxy) is 1. The van der Waals surface area contributed by atoms with Crippen molar-refractivity contribution in [1.29, 1.82) is 0 Å². The van der Waals surface area contributed by atoms with Crippen LogP contribution in [0.5, 0.6) is 5.75 Å². The molecule has 0 atom stereocenters. The van der Waals surface area contributed by atoms with Crippen molar-refractivity contribution in [2.45, 2.75) is 6.61 Å². The molecule has 2 aromatic rings. The van der Waals surface area contributed by atoms with Crippen molar-refractivity contribution in [3.05, 3.63) is 68.2 Å². The molecule has 0 saturated carbocycles. The number of halogens is 1. The summed E-state index contributed by atoms with van der Waals surface area (Å²) in [5.74, 6) is -1.11. The molecule has 0 radical (unpaired) electrons. The minimum atomic E-state index is -1.37. The van der Waals surface area contributed by atoms with E-state index in [4.69, 9.17) is 9.84 Å². The van der Waals surface area contributed by atoms with E-state index in [-0.39, 0.29) is 12.4 Å². The van der Waals surface area contributed by atoms with Gasteiger partial charge in [0, 0.05) is 22.2 Å². The zero-order chi connectivity index (χ0) is 15.4. The number of hydrogen-bond acceptors (Lipinski definition) is 4. The lowest BCUT2D eigenvalue weighted by Crippen LogP contribution is -2.04. The van der Waals surface area contributed by atoms with Crippen LogP contribution in [0.2, 0.25) is 0 Å². The number of carbonyl (C=O) groups is 1. The minimum Gasteiger partial charge on any atom is -0.489 e. The van der Waals surface area contributed by atoms with E-state index in [1.165, 1.54) is 6.07 Å². The number of benzene rings is 2. The second-order valence-corrected chi connectivity index (χ2v) is 4.98. The molecule has 7 heteroatoms. The predicted molar refractivity (Wildman–Crippen MR) is 78.5 cm³/mol. The van der Waals surface area contributed by atoms with Crippen molar-refractivity contribution in [2.75, 3.05) is 0 Å². The molecule has 0 bridgehead atoms. The molecule has 0 amide bonds. The summed E-state index contributed by atoms with van der Waals surface area (Å²) in [5, 5.41) is 19.8. The molecule has 6 nitrogen and oxygen atoms in total. The van der Waals surface area contributed by atoms with Crippen LogP contribution in [0.4, 0.5) is 5.69 Å². The molecule has 0 spiro atoms. The molecule has 1 N–H and O–H groups in total. The van der Waals surface area contributed by atoms with Gasteiger partial charge in [0.1, 0.15) is 17.9 Å². The van der Waals surface area contributed by atoms with E-state index in [0.29, 0.717) is 0 Å². The van der Waals surface area contributed by atoms with Gasteiger partial charge in [-0.3, -0.25) is 10.1 Å². The molecular weight excluding hydrogens is 342 g/mol. The maximum Gasteiger partial charge on any atom is 0.342 e. The summed E-state index contributed by atoms with van der Waals surface area (Å²) in [7, 11) is 0. The lowest BCUT2D eigenvalue weighted by molar-refractivity contribution is -0.385. The summed E-state index contributed by atoms with van der Waals surface area (Å²) in [6.45, 7) is 0.221. The zero-order valence-corrected chi connectivity index (χ0v) is 12.2. The van der Waals surface area contributed by atoms with Crippen LogP contribution in [0.1, 0.15) is 15.9 Å². The van der Waals surface area contributed by atoms with Gasteiger partial charge in [-0.25, -0.2) is 4.79 Å². The average Bonchev–Trinajstić information content (AvgIpc) is 2.46. The van der Waals surface area contributed by atoms with E-state index in [2.05, 4.69) is 15.9 Å². The molecule has 0 aliphatic rings. The van der Waals surface area contributed by atoms with Crippen LogP contribution in [0, 0.1) is 10.1 Å². The van der Waals surface area contributed by atoms with Gasteiger partial charge in [0.25, 0.3) is 5.69 Å². The first kappa shape index (κ1) is 15.0. The van der Waals surface area contributed by atoms with Gasteiger partial charge in [-0.05, 0) is 12.1 Å². The summed E-state index contributed by atoms with van der Waals surface area (Å²) in [6, 6.07) is 11.1. The lowest BCUT2D eigenvalue weighted by atomic mass is 10.1. The monoisotopic (exact) mass is 351 g/mol. The third kappa shape index (κ3) is 3.57. The van der Waals surface area contributed by atoms with Gasteiger partial charge in [0.05, 0.1) is 4.92 Å². The van der Waals surface area contributed by atoms with E-state index >= 15 is 0 Å².